The van der Waals surface area contributed by atoms with E-state index in [9.17, 15) is 0 Å². The van der Waals surface area contributed by atoms with Gasteiger partial charge in [0, 0.05) is 16.8 Å². The minimum Gasteiger partial charge on any atom is -0.398 e. The van der Waals surface area contributed by atoms with Gasteiger partial charge in [-0.1, -0.05) is 30.3 Å². The van der Waals surface area contributed by atoms with Crippen LogP contribution in [-0.4, -0.2) is 0 Å². The summed E-state index contributed by atoms with van der Waals surface area (Å²) < 4.78 is 0. The molecular weight excluding hydrogens is 196 g/mol. The van der Waals surface area contributed by atoms with Crippen LogP contribution in [0.2, 0.25) is 0 Å². The Labute approximate surface area is 95.0 Å². The zero-order valence-corrected chi connectivity index (χ0v) is 9.07. The van der Waals surface area contributed by atoms with Crippen molar-refractivity contribution in [3.8, 4) is 17.2 Å². The first-order valence-electron chi connectivity index (χ1n) is 5.08. The summed E-state index contributed by atoms with van der Waals surface area (Å²) >= 11 is 0. The Balaban J connectivity index is 2.73. The van der Waals surface area contributed by atoms with Crippen molar-refractivity contribution >= 4 is 5.69 Å². The largest absolute Gasteiger partial charge is 0.398 e. The maximum absolute atomic E-state index is 9.07. The smallest absolute Gasteiger partial charge is 0.0998 e. The highest BCUT2D eigenvalue weighted by molar-refractivity contribution is 5.82. The van der Waals surface area contributed by atoms with E-state index in [1.165, 1.54) is 0 Å². The molecule has 2 aromatic rings. The lowest BCUT2D eigenvalue weighted by Crippen LogP contribution is -1.94. The molecule has 0 heterocycles. The Morgan fingerprint density at radius 1 is 1.06 bits per heavy atom. The summed E-state index contributed by atoms with van der Waals surface area (Å²) in [5.41, 5.74) is 10.3. The molecule has 0 saturated carbocycles. The summed E-state index contributed by atoms with van der Waals surface area (Å²) in [4.78, 5) is 0. The second-order valence-corrected chi connectivity index (χ2v) is 3.70. The summed E-state index contributed by atoms with van der Waals surface area (Å²) in [6.45, 7) is 2.00. The number of nitrogens with two attached hydrogens (primary N) is 1. The molecule has 16 heavy (non-hydrogen) atoms. The second-order valence-electron chi connectivity index (χ2n) is 3.70. The van der Waals surface area contributed by atoms with Crippen molar-refractivity contribution in [3.63, 3.8) is 0 Å². The molecule has 0 spiro atoms. The molecule has 0 atom stereocenters. The standard InChI is InChI=1S/C14H12N2/c1-10-5-4-8-13(16)14(10)12-7-3-2-6-11(12)9-15/h2-8H,16H2,1H3. The minimum atomic E-state index is 0.656. The number of rotatable bonds is 1. The van der Waals surface area contributed by atoms with Gasteiger partial charge in [0.15, 0.2) is 0 Å². The number of nitriles is 1. The van der Waals surface area contributed by atoms with Gasteiger partial charge in [0.1, 0.15) is 0 Å². The number of benzene rings is 2. The van der Waals surface area contributed by atoms with Crippen molar-refractivity contribution in [2.24, 2.45) is 0 Å². The zero-order valence-electron chi connectivity index (χ0n) is 9.07. The topological polar surface area (TPSA) is 49.8 Å². The van der Waals surface area contributed by atoms with E-state index in [1.54, 1.807) is 6.07 Å². The SMILES string of the molecule is Cc1cccc(N)c1-c1ccccc1C#N. The minimum absolute atomic E-state index is 0.656. The highest BCUT2D eigenvalue weighted by atomic mass is 14.6. The summed E-state index contributed by atoms with van der Waals surface area (Å²) in [6, 6.07) is 15.5. The van der Waals surface area contributed by atoms with Crippen LogP contribution < -0.4 is 5.73 Å². The number of nitrogens with zero attached hydrogens (tertiary/aromatic N) is 1. The number of anilines is 1. The van der Waals surface area contributed by atoms with Crippen molar-refractivity contribution in [1.82, 2.24) is 0 Å². The number of hydrogen-bond acceptors (Lipinski definition) is 2. The van der Waals surface area contributed by atoms with Crippen LogP contribution in [0.3, 0.4) is 0 Å². The number of hydrogen-bond donors (Lipinski definition) is 1. The molecule has 2 heteroatoms. The number of aryl methyl sites for hydroxylation is 1. The lowest BCUT2D eigenvalue weighted by molar-refractivity contribution is 1.43. The van der Waals surface area contributed by atoms with E-state index in [2.05, 4.69) is 6.07 Å². The van der Waals surface area contributed by atoms with E-state index in [4.69, 9.17) is 11.0 Å². The Kier molecular flexibility index (Phi) is 2.61. The molecule has 0 bridgehead atoms. The van der Waals surface area contributed by atoms with Crippen LogP contribution in [0.5, 0.6) is 0 Å². The molecule has 0 aliphatic heterocycles. The fraction of sp³-hybridized carbons (Fsp3) is 0.0714. The monoisotopic (exact) mass is 208 g/mol. The molecule has 2 N–H and O–H groups in total. The van der Waals surface area contributed by atoms with Crippen molar-refractivity contribution in [1.29, 1.82) is 5.26 Å². The van der Waals surface area contributed by atoms with Crippen molar-refractivity contribution in [2.75, 3.05) is 5.73 Å². The number of nitrogen functional groups attached to an aromatic ring is 1. The molecule has 0 aliphatic rings. The van der Waals surface area contributed by atoms with Crippen molar-refractivity contribution < 1.29 is 0 Å². The fourth-order valence-corrected chi connectivity index (χ4v) is 1.86. The molecule has 0 radical (unpaired) electrons. The third kappa shape index (κ3) is 1.64. The zero-order chi connectivity index (χ0) is 11.5. The predicted molar refractivity (Wildman–Crippen MR) is 65.7 cm³/mol. The molecule has 2 nitrogen and oxygen atoms in total. The van der Waals surface area contributed by atoms with Crippen LogP contribution in [0.15, 0.2) is 42.5 Å². The van der Waals surface area contributed by atoms with Gasteiger partial charge < -0.3 is 5.73 Å². The second kappa shape index (κ2) is 4.08. The predicted octanol–water partition coefficient (Wildman–Crippen LogP) is 3.12. The van der Waals surface area contributed by atoms with Crippen LogP contribution in [0.25, 0.3) is 11.1 Å². The first-order valence-corrected chi connectivity index (χ1v) is 5.08. The Hall–Kier alpha value is -2.27. The van der Waals surface area contributed by atoms with E-state index >= 15 is 0 Å². The Morgan fingerprint density at radius 3 is 2.50 bits per heavy atom. The average Bonchev–Trinajstić information content (AvgIpc) is 2.29. The molecule has 0 amide bonds. The highest BCUT2D eigenvalue weighted by Crippen LogP contribution is 2.31. The molecule has 0 aliphatic carbocycles. The van der Waals surface area contributed by atoms with Crippen LogP contribution in [-0.2, 0) is 0 Å². The van der Waals surface area contributed by atoms with E-state index in [1.807, 2.05) is 43.3 Å². The summed E-state index contributed by atoms with van der Waals surface area (Å²) in [6.07, 6.45) is 0. The van der Waals surface area contributed by atoms with Gasteiger partial charge >= 0.3 is 0 Å². The van der Waals surface area contributed by atoms with Gasteiger partial charge in [0.05, 0.1) is 11.6 Å². The lowest BCUT2D eigenvalue weighted by Gasteiger charge is -2.10. The Bertz CT molecular complexity index is 545. The molecule has 0 fully saturated rings. The normalized spacial score (nSPS) is 9.75. The van der Waals surface area contributed by atoms with E-state index in [0.717, 1.165) is 16.7 Å². The molecule has 2 aromatic carbocycles. The fourth-order valence-electron chi connectivity index (χ4n) is 1.86. The summed E-state index contributed by atoms with van der Waals surface area (Å²) in [7, 11) is 0. The maximum atomic E-state index is 9.07. The average molecular weight is 208 g/mol. The first-order chi connectivity index (χ1) is 7.74. The first kappa shape index (κ1) is 10.3. The Morgan fingerprint density at radius 2 is 1.81 bits per heavy atom. The maximum Gasteiger partial charge on any atom is 0.0998 e. The van der Waals surface area contributed by atoms with Crippen LogP contribution >= 0.6 is 0 Å². The van der Waals surface area contributed by atoms with Crippen molar-refractivity contribution in [2.45, 2.75) is 6.92 Å². The van der Waals surface area contributed by atoms with Gasteiger partial charge in [-0.15, -0.1) is 0 Å². The van der Waals surface area contributed by atoms with Gasteiger partial charge in [0.25, 0.3) is 0 Å². The van der Waals surface area contributed by atoms with Gasteiger partial charge in [-0.3, -0.25) is 0 Å². The van der Waals surface area contributed by atoms with Crippen molar-refractivity contribution in [3.05, 3.63) is 53.6 Å². The molecule has 0 saturated heterocycles. The van der Waals surface area contributed by atoms with E-state index in [-0.39, 0.29) is 0 Å². The van der Waals surface area contributed by atoms with Gasteiger partial charge in [0.2, 0.25) is 0 Å². The molecule has 0 unspecified atom stereocenters. The van der Waals surface area contributed by atoms with Crippen LogP contribution in [0.1, 0.15) is 11.1 Å². The summed E-state index contributed by atoms with van der Waals surface area (Å²) in [5.74, 6) is 0. The summed E-state index contributed by atoms with van der Waals surface area (Å²) in [5, 5.41) is 9.07. The third-order valence-electron chi connectivity index (χ3n) is 2.62. The highest BCUT2D eigenvalue weighted by Gasteiger charge is 2.09. The van der Waals surface area contributed by atoms with Crippen LogP contribution in [0, 0.1) is 18.3 Å². The van der Waals surface area contributed by atoms with Gasteiger partial charge in [-0.2, -0.15) is 5.26 Å². The molecular formula is C14H12N2. The van der Waals surface area contributed by atoms with Gasteiger partial charge in [-0.25, -0.2) is 0 Å². The lowest BCUT2D eigenvalue weighted by atomic mass is 9.95. The molecule has 2 rings (SSSR count). The van der Waals surface area contributed by atoms with Crippen LogP contribution in [0.4, 0.5) is 5.69 Å². The third-order valence-corrected chi connectivity index (χ3v) is 2.62. The quantitative estimate of drug-likeness (QED) is 0.732. The molecule has 78 valence electrons. The van der Waals surface area contributed by atoms with Gasteiger partial charge in [-0.05, 0) is 24.6 Å². The van der Waals surface area contributed by atoms with E-state index < -0.39 is 0 Å². The molecule has 0 aromatic heterocycles. The van der Waals surface area contributed by atoms with E-state index in [0.29, 0.717) is 11.3 Å².